The van der Waals surface area contributed by atoms with Crippen molar-refractivity contribution in [3.8, 4) is 6.07 Å². The number of hydrazone groups is 1. The number of aryl methyl sites for hydroxylation is 1. The second-order valence-electron chi connectivity index (χ2n) is 4.87. The molecule has 0 heterocycles. The van der Waals surface area contributed by atoms with Gasteiger partial charge in [0.05, 0.1) is 17.8 Å². The van der Waals surface area contributed by atoms with Crippen LogP contribution in [0.25, 0.3) is 0 Å². The van der Waals surface area contributed by atoms with Crippen molar-refractivity contribution in [2.45, 2.75) is 19.3 Å². The Hall–Kier alpha value is -2.93. The predicted molar refractivity (Wildman–Crippen MR) is 86.3 cm³/mol. The van der Waals surface area contributed by atoms with Crippen LogP contribution in [-0.2, 0) is 11.2 Å². The second-order valence-corrected chi connectivity index (χ2v) is 4.87. The zero-order valence-electron chi connectivity index (χ0n) is 12.2. The van der Waals surface area contributed by atoms with Gasteiger partial charge in [0.15, 0.2) is 0 Å². The van der Waals surface area contributed by atoms with Crippen LogP contribution in [0.5, 0.6) is 0 Å². The van der Waals surface area contributed by atoms with Gasteiger partial charge >= 0.3 is 0 Å². The molecular formula is C18H17N3O. The summed E-state index contributed by atoms with van der Waals surface area (Å²) in [6.45, 7) is 0. The van der Waals surface area contributed by atoms with E-state index in [-0.39, 0.29) is 5.91 Å². The minimum Gasteiger partial charge on any atom is -0.273 e. The van der Waals surface area contributed by atoms with Crippen LogP contribution in [0.1, 0.15) is 29.5 Å². The highest BCUT2D eigenvalue weighted by atomic mass is 16.2. The van der Waals surface area contributed by atoms with E-state index in [1.54, 1.807) is 18.2 Å². The van der Waals surface area contributed by atoms with Crippen molar-refractivity contribution in [1.29, 1.82) is 5.26 Å². The predicted octanol–water partition coefficient (Wildman–Crippen LogP) is 3.03. The first-order valence-corrected chi connectivity index (χ1v) is 7.14. The summed E-state index contributed by atoms with van der Waals surface area (Å²) in [5.41, 5.74) is 5.08. The topological polar surface area (TPSA) is 65.2 Å². The number of nitriles is 1. The Labute approximate surface area is 130 Å². The zero-order chi connectivity index (χ0) is 15.6. The van der Waals surface area contributed by atoms with E-state index in [0.717, 1.165) is 18.4 Å². The summed E-state index contributed by atoms with van der Waals surface area (Å²) in [5, 5.41) is 12.7. The number of carbonyl (C=O) groups is 1. The van der Waals surface area contributed by atoms with Crippen LogP contribution in [0, 0.1) is 11.3 Å². The minimum atomic E-state index is -0.108. The van der Waals surface area contributed by atoms with Gasteiger partial charge in [-0.1, -0.05) is 42.5 Å². The standard InChI is InChI=1S/C18H17N3O/c19-13-16-9-4-10-17(12-16)14-20-21-18(22)11-5-8-15-6-2-1-3-7-15/h1-4,6-7,9-10,12,14H,5,8,11H2,(H,21,22)/b20-14-. The lowest BCUT2D eigenvalue weighted by Gasteiger charge is -2.01. The van der Waals surface area contributed by atoms with Gasteiger partial charge < -0.3 is 0 Å². The Balaban J connectivity index is 1.73. The number of rotatable bonds is 6. The summed E-state index contributed by atoms with van der Waals surface area (Å²) < 4.78 is 0. The van der Waals surface area contributed by atoms with Crippen molar-refractivity contribution in [2.75, 3.05) is 0 Å². The van der Waals surface area contributed by atoms with E-state index >= 15 is 0 Å². The van der Waals surface area contributed by atoms with Gasteiger partial charge in [-0.05, 0) is 36.1 Å². The molecule has 2 rings (SSSR count). The van der Waals surface area contributed by atoms with Crippen LogP contribution in [0.15, 0.2) is 59.7 Å². The molecule has 110 valence electrons. The van der Waals surface area contributed by atoms with Crippen LogP contribution in [0.3, 0.4) is 0 Å². The fourth-order valence-corrected chi connectivity index (χ4v) is 2.02. The lowest BCUT2D eigenvalue weighted by atomic mass is 10.1. The van der Waals surface area contributed by atoms with E-state index in [1.165, 1.54) is 11.8 Å². The summed E-state index contributed by atoms with van der Waals surface area (Å²) in [6.07, 6.45) is 3.64. The summed E-state index contributed by atoms with van der Waals surface area (Å²) in [5.74, 6) is -0.108. The first-order chi connectivity index (χ1) is 10.8. The third kappa shape index (κ3) is 5.22. The highest BCUT2D eigenvalue weighted by Gasteiger charge is 2.00. The first kappa shape index (κ1) is 15.5. The highest BCUT2D eigenvalue weighted by molar-refractivity contribution is 5.82. The molecule has 1 N–H and O–H groups in total. The second kappa shape index (κ2) is 8.38. The third-order valence-electron chi connectivity index (χ3n) is 3.13. The molecule has 0 aromatic heterocycles. The number of nitrogens with one attached hydrogen (secondary N) is 1. The summed E-state index contributed by atoms with van der Waals surface area (Å²) in [7, 11) is 0. The van der Waals surface area contributed by atoms with E-state index in [2.05, 4.69) is 28.7 Å². The molecule has 0 aliphatic rings. The normalized spacial score (nSPS) is 10.3. The molecular weight excluding hydrogens is 274 g/mol. The molecule has 0 spiro atoms. The molecule has 2 aromatic rings. The molecule has 0 atom stereocenters. The van der Waals surface area contributed by atoms with Crippen LogP contribution < -0.4 is 5.43 Å². The van der Waals surface area contributed by atoms with E-state index < -0.39 is 0 Å². The first-order valence-electron chi connectivity index (χ1n) is 7.14. The Morgan fingerprint density at radius 3 is 2.77 bits per heavy atom. The van der Waals surface area contributed by atoms with Gasteiger partial charge in [0.25, 0.3) is 0 Å². The average Bonchev–Trinajstić information content (AvgIpc) is 2.56. The van der Waals surface area contributed by atoms with Crippen LogP contribution in [0.4, 0.5) is 0 Å². The van der Waals surface area contributed by atoms with Gasteiger partial charge in [-0.15, -0.1) is 0 Å². The Bertz CT molecular complexity index is 687. The van der Waals surface area contributed by atoms with Crippen molar-refractivity contribution < 1.29 is 4.79 Å². The van der Waals surface area contributed by atoms with Gasteiger partial charge in [0.1, 0.15) is 0 Å². The molecule has 0 saturated carbocycles. The largest absolute Gasteiger partial charge is 0.273 e. The molecule has 22 heavy (non-hydrogen) atoms. The van der Waals surface area contributed by atoms with Crippen LogP contribution in [0.2, 0.25) is 0 Å². The summed E-state index contributed by atoms with van der Waals surface area (Å²) >= 11 is 0. The van der Waals surface area contributed by atoms with E-state index in [0.29, 0.717) is 12.0 Å². The smallest absolute Gasteiger partial charge is 0.240 e. The van der Waals surface area contributed by atoms with Crippen molar-refractivity contribution in [2.24, 2.45) is 5.10 Å². The molecule has 0 aliphatic carbocycles. The van der Waals surface area contributed by atoms with Gasteiger partial charge in [-0.25, -0.2) is 5.43 Å². The molecule has 2 aromatic carbocycles. The number of hydrogen-bond acceptors (Lipinski definition) is 3. The maximum Gasteiger partial charge on any atom is 0.240 e. The molecule has 0 unspecified atom stereocenters. The number of hydrogen-bond donors (Lipinski definition) is 1. The SMILES string of the molecule is N#Cc1cccc(/C=N\NC(=O)CCCc2ccccc2)c1. The number of nitrogens with zero attached hydrogens (tertiary/aromatic N) is 2. The van der Waals surface area contributed by atoms with Gasteiger partial charge in [-0.3, -0.25) is 4.79 Å². The van der Waals surface area contributed by atoms with E-state index in [4.69, 9.17) is 5.26 Å². The fraction of sp³-hybridized carbons (Fsp3) is 0.167. The average molecular weight is 291 g/mol. The fourth-order valence-electron chi connectivity index (χ4n) is 2.02. The maximum absolute atomic E-state index is 11.7. The molecule has 4 heteroatoms. The van der Waals surface area contributed by atoms with E-state index in [9.17, 15) is 4.79 Å². The number of carbonyl (C=O) groups excluding carboxylic acids is 1. The Kier molecular flexibility index (Phi) is 5.89. The molecule has 1 amide bonds. The van der Waals surface area contributed by atoms with Crippen LogP contribution in [-0.4, -0.2) is 12.1 Å². The molecule has 0 bridgehead atoms. The van der Waals surface area contributed by atoms with Crippen molar-refractivity contribution >= 4 is 12.1 Å². The lowest BCUT2D eigenvalue weighted by Crippen LogP contribution is -2.17. The van der Waals surface area contributed by atoms with Crippen molar-refractivity contribution in [3.05, 3.63) is 71.3 Å². The summed E-state index contributed by atoms with van der Waals surface area (Å²) in [4.78, 5) is 11.7. The Morgan fingerprint density at radius 1 is 1.18 bits per heavy atom. The third-order valence-corrected chi connectivity index (χ3v) is 3.13. The quantitative estimate of drug-likeness (QED) is 0.656. The monoisotopic (exact) mass is 291 g/mol. The minimum absolute atomic E-state index is 0.108. The van der Waals surface area contributed by atoms with Crippen LogP contribution >= 0.6 is 0 Å². The van der Waals surface area contributed by atoms with E-state index in [1.807, 2.05) is 24.3 Å². The van der Waals surface area contributed by atoms with Crippen molar-refractivity contribution in [1.82, 2.24) is 5.43 Å². The molecule has 0 fully saturated rings. The number of amides is 1. The molecule has 0 aliphatic heterocycles. The lowest BCUT2D eigenvalue weighted by molar-refractivity contribution is -0.121. The summed E-state index contributed by atoms with van der Waals surface area (Å²) in [6, 6.07) is 19.2. The van der Waals surface area contributed by atoms with Gasteiger partial charge in [-0.2, -0.15) is 10.4 Å². The zero-order valence-corrected chi connectivity index (χ0v) is 12.2. The van der Waals surface area contributed by atoms with Gasteiger partial charge in [0.2, 0.25) is 5.91 Å². The highest BCUT2D eigenvalue weighted by Crippen LogP contribution is 2.04. The Morgan fingerprint density at radius 2 is 2.00 bits per heavy atom. The van der Waals surface area contributed by atoms with Crippen molar-refractivity contribution in [3.63, 3.8) is 0 Å². The maximum atomic E-state index is 11.7. The molecule has 4 nitrogen and oxygen atoms in total. The number of benzene rings is 2. The van der Waals surface area contributed by atoms with Gasteiger partial charge in [0, 0.05) is 6.42 Å². The molecule has 0 radical (unpaired) electrons. The molecule has 0 saturated heterocycles.